The number of benzene rings is 1. The predicted octanol–water partition coefficient (Wildman–Crippen LogP) is 6.95. The lowest BCUT2D eigenvalue weighted by molar-refractivity contribution is -0.153. The molecule has 0 atom stereocenters. The smallest absolute Gasteiger partial charge is 0.422 e. The minimum absolute atomic E-state index is 0.0590. The highest BCUT2D eigenvalue weighted by Gasteiger charge is 2.31. The van der Waals surface area contributed by atoms with Gasteiger partial charge in [0.15, 0.2) is 6.61 Å². The minimum atomic E-state index is -4.35. The van der Waals surface area contributed by atoms with Crippen molar-refractivity contribution in [1.29, 1.82) is 0 Å². The van der Waals surface area contributed by atoms with Crippen molar-refractivity contribution in [3.63, 3.8) is 0 Å². The maximum Gasteiger partial charge on any atom is 0.422 e. The van der Waals surface area contributed by atoms with Crippen molar-refractivity contribution in [2.24, 2.45) is 11.8 Å². The molecule has 35 heavy (non-hydrogen) atoms. The molecule has 2 aromatic rings. The van der Waals surface area contributed by atoms with E-state index >= 15 is 0 Å². The Hall–Kier alpha value is -2.70. The van der Waals surface area contributed by atoms with Gasteiger partial charge in [-0.1, -0.05) is 18.6 Å². The Morgan fingerprint density at radius 2 is 1.77 bits per heavy atom. The molecule has 7 heteroatoms. The summed E-state index contributed by atoms with van der Waals surface area (Å²) < 4.78 is 44.3. The number of pyridine rings is 1. The molecule has 1 heterocycles. The van der Waals surface area contributed by atoms with Crippen LogP contribution in [0.3, 0.4) is 0 Å². The fraction of sp³-hybridized carbons (Fsp3) is 0.536. The molecule has 0 unspecified atom stereocenters. The van der Waals surface area contributed by atoms with Crippen LogP contribution in [0.25, 0.3) is 0 Å². The van der Waals surface area contributed by atoms with E-state index in [0.717, 1.165) is 63.7 Å². The van der Waals surface area contributed by atoms with Crippen molar-refractivity contribution in [3.05, 3.63) is 70.3 Å². The zero-order valence-electron chi connectivity index (χ0n) is 20.4. The number of anilines is 1. The Morgan fingerprint density at radius 1 is 1.06 bits per heavy atom. The average Bonchev–Trinajstić information content (AvgIpc) is 2.81. The van der Waals surface area contributed by atoms with Crippen LogP contribution in [0.4, 0.5) is 18.9 Å². The highest BCUT2D eigenvalue weighted by molar-refractivity contribution is 5.55. The summed E-state index contributed by atoms with van der Waals surface area (Å²) in [5, 5.41) is 0. The first-order valence-electron chi connectivity index (χ1n) is 12.8. The lowest BCUT2D eigenvalue weighted by Crippen LogP contribution is -2.33. The topological polar surface area (TPSA) is 34.5 Å². The van der Waals surface area contributed by atoms with Crippen molar-refractivity contribution >= 4 is 5.69 Å². The van der Waals surface area contributed by atoms with Gasteiger partial charge in [0.1, 0.15) is 5.75 Å². The van der Waals surface area contributed by atoms with E-state index in [9.17, 15) is 18.0 Å². The Bertz CT molecular complexity index is 1040. The monoisotopic (exact) mass is 488 g/mol. The molecule has 0 N–H and O–H groups in total. The molecule has 0 spiro atoms. The highest BCUT2D eigenvalue weighted by atomic mass is 19.4. The SMILES string of the molecule is CCCN(C(=C1CCC1)C1CCC(Cn2ccccc2=O)CC1)c1ccc(OCC(F)(F)F)cc1. The normalized spacial score (nSPS) is 20.3. The number of alkyl halides is 3. The van der Waals surface area contributed by atoms with E-state index in [2.05, 4.69) is 11.8 Å². The second kappa shape index (κ2) is 11.4. The number of allylic oxidation sites excluding steroid dienone is 2. The Kier molecular flexibility index (Phi) is 8.24. The van der Waals surface area contributed by atoms with Gasteiger partial charge in [-0.25, -0.2) is 0 Å². The minimum Gasteiger partial charge on any atom is -0.484 e. The van der Waals surface area contributed by atoms with Gasteiger partial charge in [0.05, 0.1) is 0 Å². The second-order valence-electron chi connectivity index (χ2n) is 9.80. The lowest BCUT2D eigenvalue weighted by atomic mass is 9.76. The molecule has 190 valence electrons. The van der Waals surface area contributed by atoms with Gasteiger partial charge in [0.25, 0.3) is 5.56 Å². The molecule has 2 aliphatic rings. The van der Waals surface area contributed by atoms with Crippen molar-refractivity contribution in [2.75, 3.05) is 18.1 Å². The van der Waals surface area contributed by atoms with E-state index in [1.54, 1.807) is 24.3 Å². The lowest BCUT2D eigenvalue weighted by Gasteiger charge is -2.40. The second-order valence-corrected chi connectivity index (χ2v) is 9.80. The number of hydrogen-bond acceptors (Lipinski definition) is 3. The standard InChI is InChI=1S/C28H35F3N2O2/c1-2-17-33(24-13-15-25(16-14-24)35-20-28(29,30)31)27(22-6-5-7-22)23-11-9-21(10-12-23)19-32-18-4-3-8-26(32)34/h3-4,8,13-16,18,21,23H,2,5-7,9-12,17,19-20H2,1H3. The molecular weight excluding hydrogens is 453 g/mol. The predicted molar refractivity (Wildman–Crippen MR) is 133 cm³/mol. The molecular formula is C28H35F3N2O2. The Balaban J connectivity index is 1.47. The van der Waals surface area contributed by atoms with Gasteiger partial charge in [0.2, 0.25) is 0 Å². The maximum absolute atomic E-state index is 12.5. The summed E-state index contributed by atoms with van der Waals surface area (Å²) in [4.78, 5) is 14.5. The third-order valence-electron chi connectivity index (χ3n) is 7.20. The molecule has 2 fully saturated rings. The zero-order chi connectivity index (χ0) is 24.8. The first-order valence-corrected chi connectivity index (χ1v) is 12.8. The summed E-state index contributed by atoms with van der Waals surface area (Å²) in [5.41, 5.74) is 4.03. The average molecular weight is 489 g/mol. The first-order chi connectivity index (χ1) is 16.8. The van der Waals surface area contributed by atoms with Crippen LogP contribution in [0, 0.1) is 11.8 Å². The third kappa shape index (κ3) is 6.71. The fourth-order valence-electron chi connectivity index (χ4n) is 5.32. The van der Waals surface area contributed by atoms with Crippen molar-refractivity contribution in [1.82, 2.24) is 4.57 Å². The molecule has 0 amide bonds. The van der Waals surface area contributed by atoms with Crippen molar-refractivity contribution < 1.29 is 17.9 Å². The van der Waals surface area contributed by atoms with E-state index in [4.69, 9.17) is 4.74 Å². The van der Waals surface area contributed by atoms with Gasteiger partial charge in [-0.15, -0.1) is 0 Å². The quantitative estimate of drug-likeness (QED) is 0.383. The van der Waals surface area contributed by atoms with Crippen LogP contribution in [-0.2, 0) is 6.54 Å². The summed E-state index contributed by atoms with van der Waals surface area (Å²) in [7, 11) is 0. The van der Waals surface area contributed by atoms with E-state index in [1.165, 1.54) is 17.7 Å². The van der Waals surface area contributed by atoms with Gasteiger partial charge in [0, 0.05) is 36.7 Å². The van der Waals surface area contributed by atoms with Crippen molar-refractivity contribution in [3.8, 4) is 5.75 Å². The van der Waals surface area contributed by atoms with Crippen LogP contribution in [0.15, 0.2) is 64.7 Å². The van der Waals surface area contributed by atoms with Crippen LogP contribution in [0.5, 0.6) is 5.75 Å². The number of hydrogen-bond donors (Lipinski definition) is 0. The van der Waals surface area contributed by atoms with E-state index in [1.807, 2.05) is 29.0 Å². The number of rotatable bonds is 9. The van der Waals surface area contributed by atoms with Crippen LogP contribution in [0.1, 0.15) is 58.3 Å². The summed E-state index contributed by atoms with van der Waals surface area (Å²) in [6.07, 6.45) is 6.35. The fourth-order valence-corrected chi connectivity index (χ4v) is 5.32. The molecule has 1 aromatic carbocycles. The van der Waals surface area contributed by atoms with E-state index < -0.39 is 12.8 Å². The molecule has 1 aromatic heterocycles. The molecule has 0 bridgehead atoms. The molecule has 4 nitrogen and oxygen atoms in total. The first kappa shape index (κ1) is 25.4. The maximum atomic E-state index is 12.5. The van der Waals surface area contributed by atoms with Crippen LogP contribution in [-0.4, -0.2) is 23.9 Å². The molecule has 0 saturated heterocycles. The summed E-state index contributed by atoms with van der Waals surface area (Å²) in [5.74, 6) is 1.21. The molecule has 0 radical (unpaired) electrons. The number of aromatic nitrogens is 1. The Labute approximate surface area is 205 Å². The summed E-state index contributed by atoms with van der Waals surface area (Å²) >= 11 is 0. The van der Waals surface area contributed by atoms with Gasteiger partial charge in [-0.2, -0.15) is 13.2 Å². The van der Waals surface area contributed by atoms with Crippen molar-refractivity contribution in [2.45, 2.75) is 71.0 Å². The van der Waals surface area contributed by atoms with Gasteiger partial charge < -0.3 is 14.2 Å². The van der Waals surface area contributed by atoms with E-state index in [0.29, 0.717) is 11.8 Å². The summed E-state index contributed by atoms with van der Waals surface area (Å²) in [6.45, 7) is 2.53. The zero-order valence-corrected chi connectivity index (χ0v) is 20.4. The summed E-state index contributed by atoms with van der Waals surface area (Å²) in [6, 6.07) is 12.4. The van der Waals surface area contributed by atoms with Crippen LogP contribution < -0.4 is 15.2 Å². The molecule has 4 rings (SSSR count). The van der Waals surface area contributed by atoms with Gasteiger partial charge in [-0.3, -0.25) is 4.79 Å². The molecule has 2 saturated carbocycles. The number of ether oxygens (including phenoxy) is 1. The van der Waals surface area contributed by atoms with E-state index in [-0.39, 0.29) is 11.3 Å². The number of halogens is 3. The van der Waals surface area contributed by atoms with Gasteiger partial charge >= 0.3 is 6.18 Å². The van der Waals surface area contributed by atoms with Crippen LogP contribution in [0.2, 0.25) is 0 Å². The molecule has 2 aliphatic carbocycles. The highest BCUT2D eigenvalue weighted by Crippen LogP contribution is 2.43. The van der Waals surface area contributed by atoms with Crippen LogP contribution >= 0.6 is 0 Å². The third-order valence-corrected chi connectivity index (χ3v) is 7.20. The number of nitrogens with zero attached hydrogens (tertiary/aromatic N) is 2. The largest absolute Gasteiger partial charge is 0.484 e. The molecule has 0 aliphatic heterocycles. The van der Waals surface area contributed by atoms with Gasteiger partial charge in [-0.05, 0) is 93.5 Å². The Morgan fingerprint density at radius 3 is 2.34 bits per heavy atom.